The van der Waals surface area contributed by atoms with Crippen LogP contribution >= 0.6 is 0 Å². The summed E-state index contributed by atoms with van der Waals surface area (Å²) in [5.74, 6) is 0. The van der Waals surface area contributed by atoms with Crippen LogP contribution in [0.2, 0.25) is 0 Å². The Morgan fingerprint density at radius 3 is 2.28 bits per heavy atom. The van der Waals surface area contributed by atoms with E-state index >= 15 is 0 Å². The molecule has 0 radical (unpaired) electrons. The van der Waals surface area contributed by atoms with Crippen molar-refractivity contribution in [2.75, 3.05) is 0 Å². The van der Waals surface area contributed by atoms with Crippen molar-refractivity contribution in [3.8, 4) is 11.3 Å². The normalized spacial score (nSPS) is 10.1. The van der Waals surface area contributed by atoms with Crippen LogP contribution in [0.3, 0.4) is 0 Å². The van der Waals surface area contributed by atoms with E-state index in [0.717, 1.165) is 11.2 Å². The van der Waals surface area contributed by atoms with E-state index in [1.807, 2.05) is 24.3 Å². The van der Waals surface area contributed by atoms with Gasteiger partial charge in [0.2, 0.25) is 0 Å². The molecule has 3 aromatic rings. The maximum Gasteiger partial charge on any atom is 3.00 e. The van der Waals surface area contributed by atoms with Crippen LogP contribution in [0, 0.1) is 6.92 Å². The van der Waals surface area contributed by atoms with Gasteiger partial charge in [0, 0.05) is 10.9 Å². The van der Waals surface area contributed by atoms with E-state index < -0.39 is 0 Å². The van der Waals surface area contributed by atoms with Gasteiger partial charge < -0.3 is 0 Å². The molecule has 18 heavy (non-hydrogen) atoms. The molecule has 0 unspecified atom stereocenters. The Labute approximate surface area is 120 Å². The predicted molar refractivity (Wildman–Crippen MR) is 71.9 cm³/mol. The number of pyridine rings is 1. The van der Waals surface area contributed by atoms with Crippen LogP contribution in [0.25, 0.3) is 22.2 Å². The number of aryl methyl sites for hydroxylation is 1. The second-order valence-corrected chi connectivity index (χ2v) is 4.21. The van der Waals surface area contributed by atoms with Crippen molar-refractivity contribution in [1.29, 1.82) is 0 Å². The zero-order valence-corrected chi connectivity index (χ0v) is 12.4. The number of hydrogen-bond donors (Lipinski definition) is 0. The Bertz CT molecular complexity index is 662. The predicted octanol–water partition coefficient (Wildman–Crippen LogP) is 4.21. The van der Waals surface area contributed by atoms with Gasteiger partial charge in [-0.25, -0.2) is 4.98 Å². The van der Waals surface area contributed by atoms with E-state index in [-0.39, 0.29) is 20.1 Å². The minimum absolute atomic E-state index is 0. The molecule has 0 saturated carbocycles. The Hall–Kier alpha value is -1.50. The molecule has 1 aromatic heterocycles. The summed E-state index contributed by atoms with van der Waals surface area (Å²) in [6.45, 7) is 2.14. The summed E-state index contributed by atoms with van der Waals surface area (Å²) >= 11 is 0. The van der Waals surface area contributed by atoms with Crippen molar-refractivity contribution in [3.05, 3.63) is 66.2 Å². The summed E-state index contributed by atoms with van der Waals surface area (Å²) < 4.78 is 0. The molecule has 0 fully saturated rings. The Morgan fingerprint density at radius 2 is 1.50 bits per heavy atom. The number of rotatable bonds is 1. The van der Waals surface area contributed by atoms with Crippen molar-refractivity contribution in [2.45, 2.75) is 6.92 Å². The van der Waals surface area contributed by atoms with Crippen molar-refractivity contribution in [2.24, 2.45) is 0 Å². The molecule has 88 valence electrons. The number of hydrogen-bond acceptors (Lipinski definition) is 1. The molecular weight excluding hydrogens is 398 g/mol. The second-order valence-electron chi connectivity index (χ2n) is 4.21. The summed E-state index contributed by atoms with van der Waals surface area (Å²) in [4.78, 5) is 4.71. The van der Waals surface area contributed by atoms with Crippen molar-refractivity contribution in [1.82, 2.24) is 4.98 Å². The number of para-hydroxylation sites is 1. The zero-order chi connectivity index (χ0) is 11.7. The van der Waals surface area contributed by atoms with Crippen LogP contribution in [-0.2, 0) is 20.1 Å². The molecule has 1 heterocycles. The number of aromatic nitrogens is 1. The average Bonchev–Trinajstić information content (AvgIpc) is 2.40. The fourth-order valence-corrected chi connectivity index (χ4v) is 2.11. The first-order chi connectivity index (χ1) is 8.34. The van der Waals surface area contributed by atoms with E-state index in [1.54, 1.807) is 0 Å². The van der Waals surface area contributed by atoms with E-state index in [9.17, 15) is 0 Å². The van der Waals surface area contributed by atoms with Crippen LogP contribution in [0.15, 0.2) is 60.7 Å². The minimum Gasteiger partial charge on any atom is -0.248 e. The molecule has 0 spiro atoms. The summed E-state index contributed by atoms with van der Waals surface area (Å²) in [5, 5.41) is 1.23. The minimum atomic E-state index is 0. The van der Waals surface area contributed by atoms with Gasteiger partial charge in [-0.3, -0.25) is 0 Å². The van der Waals surface area contributed by atoms with Gasteiger partial charge in [0.15, 0.2) is 0 Å². The van der Waals surface area contributed by atoms with E-state index in [0.29, 0.717) is 0 Å². The summed E-state index contributed by atoms with van der Waals surface area (Å²) in [7, 11) is 0. The molecule has 2 heteroatoms. The van der Waals surface area contributed by atoms with Gasteiger partial charge in [-0.15, -0.1) is 0 Å². The van der Waals surface area contributed by atoms with E-state index in [1.165, 1.54) is 16.5 Å². The first-order valence-electron chi connectivity index (χ1n) is 5.76. The van der Waals surface area contributed by atoms with Gasteiger partial charge in [0.05, 0.1) is 11.2 Å². The van der Waals surface area contributed by atoms with Gasteiger partial charge in [-0.05, 0) is 24.6 Å². The van der Waals surface area contributed by atoms with Crippen LogP contribution in [0.4, 0.5) is 0 Å². The monoisotopic (exact) mass is 412 g/mol. The Balaban J connectivity index is 0.00000120. The summed E-state index contributed by atoms with van der Waals surface area (Å²) in [6.07, 6.45) is 0. The van der Waals surface area contributed by atoms with Gasteiger partial charge >= 0.3 is 20.1 Å². The maximum atomic E-state index is 4.71. The van der Waals surface area contributed by atoms with Crippen molar-refractivity contribution in [3.63, 3.8) is 0 Å². The molecule has 2 aromatic carbocycles. The SMILES string of the molecule is Cc1cc(-c2ccccc2)nc2ccccc12.[Ir+3]. The largest absolute Gasteiger partial charge is 3.00 e. The number of nitrogens with zero attached hydrogens (tertiary/aromatic N) is 1. The van der Waals surface area contributed by atoms with Crippen molar-refractivity contribution < 1.29 is 20.1 Å². The molecular formula is C16H13IrN+3. The zero-order valence-electron chi connectivity index (χ0n) is 10.1. The molecule has 0 bridgehead atoms. The fraction of sp³-hybridized carbons (Fsp3) is 0.0625. The Kier molecular flexibility index (Phi) is 3.90. The fourth-order valence-electron chi connectivity index (χ4n) is 2.11. The number of benzene rings is 2. The molecule has 0 atom stereocenters. The van der Waals surface area contributed by atoms with Crippen LogP contribution < -0.4 is 0 Å². The molecule has 3 rings (SSSR count). The van der Waals surface area contributed by atoms with Crippen LogP contribution in [-0.4, -0.2) is 4.98 Å². The standard InChI is InChI=1S/C16H13N.Ir/c1-12-11-16(13-7-3-2-4-8-13)17-15-10-6-5-9-14(12)15;/h2-11H,1H3;/q;+3. The molecule has 0 aliphatic rings. The van der Waals surface area contributed by atoms with Crippen LogP contribution in [0.1, 0.15) is 5.56 Å². The summed E-state index contributed by atoms with van der Waals surface area (Å²) in [5.41, 5.74) is 4.55. The molecule has 0 saturated heterocycles. The quantitative estimate of drug-likeness (QED) is 0.585. The third-order valence-corrected chi connectivity index (χ3v) is 2.99. The third-order valence-electron chi connectivity index (χ3n) is 2.99. The average molecular weight is 412 g/mol. The Morgan fingerprint density at radius 1 is 0.833 bits per heavy atom. The first kappa shape index (κ1) is 12.9. The van der Waals surface area contributed by atoms with Gasteiger partial charge in [-0.1, -0.05) is 48.5 Å². The topological polar surface area (TPSA) is 12.9 Å². The third kappa shape index (κ3) is 2.35. The molecule has 0 aliphatic carbocycles. The second kappa shape index (κ2) is 5.43. The smallest absolute Gasteiger partial charge is 0.248 e. The van der Waals surface area contributed by atoms with Crippen molar-refractivity contribution >= 4 is 10.9 Å². The van der Waals surface area contributed by atoms with Gasteiger partial charge in [-0.2, -0.15) is 0 Å². The van der Waals surface area contributed by atoms with E-state index in [4.69, 9.17) is 4.98 Å². The first-order valence-corrected chi connectivity index (χ1v) is 5.76. The maximum absolute atomic E-state index is 4.71. The van der Waals surface area contributed by atoms with Crippen LogP contribution in [0.5, 0.6) is 0 Å². The van der Waals surface area contributed by atoms with E-state index in [2.05, 4.69) is 43.3 Å². The molecule has 0 N–H and O–H groups in total. The van der Waals surface area contributed by atoms with Gasteiger partial charge in [0.1, 0.15) is 0 Å². The molecule has 0 amide bonds. The number of fused-ring (bicyclic) bond motifs is 1. The van der Waals surface area contributed by atoms with Gasteiger partial charge in [0.25, 0.3) is 0 Å². The molecule has 1 nitrogen and oxygen atoms in total. The molecule has 0 aliphatic heterocycles. The summed E-state index contributed by atoms with van der Waals surface area (Å²) in [6, 6.07) is 20.7.